The smallest absolute Gasteiger partial charge is 0.226 e. The Labute approximate surface area is 258 Å². The summed E-state index contributed by atoms with van der Waals surface area (Å²) < 4.78 is 3.83. The second kappa shape index (κ2) is 12.2. The number of nitriles is 1. The van der Waals surface area contributed by atoms with Crippen LogP contribution in [0.2, 0.25) is 0 Å². The molecule has 6 rings (SSSR count). The molecule has 4 aromatic heterocycles. The number of piperidine rings is 1. The quantitative estimate of drug-likeness (QED) is 0.265. The van der Waals surface area contributed by atoms with Gasteiger partial charge in [0.05, 0.1) is 29.5 Å². The third-order valence-corrected chi connectivity index (χ3v) is 9.50. The van der Waals surface area contributed by atoms with Crippen LogP contribution in [-0.2, 0) is 9.59 Å². The van der Waals surface area contributed by atoms with E-state index in [1.807, 2.05) is 38.5 Å². The highest BCUT2D eigenvalue weighted by molar-refractivity contribution is 5.87. The molecular formula is C34H40N8O2. The van der Waals surface area contributed by atoms with Crippen LogP contribution in [0.5, 0.6) is 0 Å². The van der Waals surface area contributed by atoms with E-state index < -0.39 is 0 Å². The average molecular weight is 593 g/mol. The molecule has 0 spiro atoms. The third kappa shape index (κ3) is 5.83. The second-order valence-electron chi connectivity index (χ2n) is 13.0. The third-order valence-electron chi connectivity index (χ3n) is 9.50. The molecular weight excluding hydrogens is 552 g/mol. The van der Waals surface area contributed by atoms with Crippen molar-refractivity contribution in [3.8, 4) is 28.3 Å². The molecule has 10 nitrogen and oxygen atoms in total. The predicted molar refractivity (Wildman–Crippen MR) is 169 cm³/mol. The monoisotopic (exact) mass is 592 g/mol. The largest absolute Gasteiger partial charge is 0.357 e. The fourth-order valence-electron chi connectivity index (χ4n) is 6.67. The minimum absolute atomic E-state index is 0.126. The Morgan fingerprint density at radius 3 is 2.50 bits per heavy atom. The van der Waals surface area contributed by atoms with Crippen LogP contribution in [0.15, 0.2) is 49.2 Å². The van der Waals surface area contributed by atoms with Crippen LogP contribution in [0.1, 0.15) is 77.3 Å². The van der Waals surface area contributed by atoms with Crippen molar-refractivity contribution in [3.63, 3.8) is 0 Å². The highest BCUT2D eigenvalue weighted by Gasteiger charge is 2.37. The van der Waals surface area contributed by atoms with Crippen LogP contribution in [0.3, 0.4) is 0 Å². The van der Waals surface area contributed by atoms with Crippen molar-refractivity contribution in [1.82, 2.24) is 29.7 Å². The van der Waals surface area contributed by atoms with Gasteiger partial charge in [-0.05, 0) is 76.5 Å². The number of nitrogens with one attached hydrogen (secondary N) is 1. The number of amides is 1. The van der Waals surface area contributed by atoms with Gasteiger partial charge in [-0.3, -0.25) is 9.48 Å². The van der Waals surface area contributed by atoms with E-state index >= 15 is 0 Å². The van der Waals surface area contributed by atoms with Gasteiger partial charge in [0.15, 0.2) is 0 Å². The first-order valence-electron chi connectivity index (χ1n) is 15.7. The number of pyridine rings is 2. The summed E-state index contributed by atoms with van der Waals surface area (Å²) in [4.78, 5) is 30.8. The molecule has 4 aromatic rings. The lowest BCUT2D eigenvalue weighted by Gasteiger charge is -2.39. The lowest BCUT2D eigenvalue weighted by Crippen LogP contribution is -2.49. The number of nitrogens with zero attached hydrogens (tertiary/aromatic N) is 7. The number of carbonyl (C=O) groups excluding carboxylic acids is 2. The first-order chi connectivity index (χ1) is 21.3. The molecule has 0 atom stereocenters. The minimum Gasteiger partial charge on any atom is -0.357 e. The number of anilines is 1. The summed E-state index contributed by atoms with van der Waals surface area (Å²) in [5, 5.41) is 22.1. The van der Waals surface area contributed by atoms with Crippen molar-refractivity contribution in [2.45, 2.75) is 77.8 Å². The highest BCUT2D eigenvalue weighted by atomic mass is 16.2. The van der Waals surface area contributed by atoms with E-state index in [0.717, 1.165) is 91.5 Å². The average Bonchev–Trinajstić information content (AvgIpc) is 3.69. The van der Waals surface area contributed by atoms with Crippen molar-refractivity contribution >= 4 is 23.5 Å². The van der Waals surface area contributed by atoms with Crippen molar-refractivity contribution in [1.29, 1.82) is 5.26 Å². The summed E-state index contributed by atoms with van der Waals surface area (Å²) in [6, 6.07) is 8.92. The molecule has 0 radical (unpaired) electrons. The van der Waals surface area contributed by atoms with Crippen molar-refractivity contribution in [2.24, 2.45) is 11.3 Å². The first-order valence-corrected chi connectivity index (χ1v) is 15.7. The van der Waals surface area contributed by atoms with Gasteiger partial charge in [0.1, 0.15) is 18.2 Å². The molecule has 1 aliphatic heterocycles. The number of hydrogen-bond donors (Lipinski definition) is 1. The van der Waals surface area contributed by atoms with Crippen LogP contribution >= 0.6 is 0 Å². The molecule has 0 aromatic carbocycles. The van der Waals surface area contributed by atoms with Gasteiger partial charge in [0.2, 0.25) is 5.91 Å². The van der Waals surface area contributed by atoms with Gasteiger partial charge in [-0.25, -0.2) is 9.50 Å². The molecule has 2 fully saturated rings. The fourth-order valence-corrected chi connectivity index (χ4v) is 6.67. The first kappa shape index (κ1) is 29.5. The van der Waals surface area contributed by atoms with Crippen LogP contribution in [0, 0.1) is 22.7 Å². The molecule has 228 valence electrons. The topological polar surface area (TPSA) is 121 Å². The highest BCUT2D eigenvalue weighted by Crippen LogP contribution is 2.37. The van der Waals surface area contributed by atoms with Crippen LogP contribution < -0.4 is 10.2 Å². The van der Waals surface area contributed by atoms with Gasteiger partial charge >= 0.3 is 0 Å². The molecule has 5 heterocycles. The Kier molecular flexibility index (Phi) is 8.21. The molecule has 0 unspecified atom stereocenters. The van der Waals surface area contributed by atoms with E-state index in [1.54, 1.807) is 10.7 Å². The maximum atomic E-state index is 12.8. The summed E-state index contributed by atoms with van der Waals surface area (Å²) in [6.45, 7) is 7.56. The van der Waals surface area contributed by atoms with E-state index in [2.05, 4.69) is 51.3 Å². The van der Waals surface area contributed by atoms with E-state index in [9.17, 15) is 14.9 Å². The summed E-state index contributed by atoms with van der Waals surface area (Å²) in [5.41, 5.74) is 4.61. The minimum atomic E-state index is -0.369. The summed E-state index contributed by atoms with van der Waals surface area (Å²) in [6.07, 6.45) is 16.8. The predicted octanol–water partition coefficient (Wildman–Crippen LogP) is 5.58. The zero-order valence-corrected chi connectivity index (χ0v) is 25.7. The van der Waals surface area contributed by atoms with Crippen LogP contribution in [0.4, 0.5) is 5.82 Å². The molecule has 1 N–H and O–H groups in total. The van der Waals surface area contributed by atoms with Gasteiger partial charge < -0.3 is 15.0 Å². The molecule has 1 saturated heterocycles. The maximum Gasteiger partial charge on any atom is 0.226 e. The van der Waals surface area contributed by atoms with Crippen LogP contribution in [-0.4, -0.2) is 55.7 Å². The summed E-state index contributed by atoms with van der Waals surface area (Å²) >= 11 is 0. The number of aromatic nitrogens is 5. The van der Waals surface area contributed by atoms with E-state index in [0.29, 0.717) is 23.9 Å². The number of rotatable bonds is 8. The fraction of sp³-hybridized carbons (Fsp3) is 0.471. The number of fused-ring (bicyclic) bond motifs is 1. The van der Waals surface area contributed by atoms with E-state index in [4.69, 9.17) is 10.1 Å². The Bertz CT molecular complexity index is 1680. The number of carbonyl (C=O) groups is 2. The molecule has 1 amide bonds. The lowest BCUT2D eigenvalue weighted by molar-refractivity contribution is -0.131. The molecule has 44 heavy (non-hydrogen) atoms. The van der Waals surface area contributed by atoms with Gasteiger partial charge in [0.25, 0.3) is 0 Å². The van der Waals surface area contributed by atoms with Crippen molar-refractivity contribution in [3.05, 3.63) is 54.7 Å². The zero-order chi connectivity index (χ0) is 30.8. The SMILES string of the molecule is CC(C)NC(=O)C1(C)CCN(c2ccc(-c3cc(-c4cnn([C@H]5CC[C@H](CC=O)CC5)c4)cn4ncc(C#N)c34)cn2)CC1. The molecule has 0 bridgehead atoms. The van der Waals surface area contributed by atoms with Gasteiger partial charge in [0, 0.05) is 71.8 Å². The standard InChI is InChI=1S/C34H40N8O2/c1-23(2)39-33(44)34(3)11-13-40(14-12-34)31-9-6-25(18-36-31)30-16-26(21-42-32(30)27(17-35)19-38-42)28-20-37-41(22-28)29-7-4-24(5-8-29)10-15-43/h6,9,15-16,18-24,29H,4-5,7-8,10-14H2,1-3H3,(H,39,44)/t24-,29-. The molecule has 1 saturated carbocycles. The van der Waals surface area contributed by atoms with E-state index in [1.165, 1.54) is 0 Å². The summed E-state index contributed by atoms with van der Waals surface area (Å²) in [7, 11) is 0. The van der Waals surface area contributed by atoms with Gasteiger partial charge in [-0.15, -0.1) is 0 Å². The van der Waals surface area contributed by atoms with Crippen molar-refractivity contribution in [2.75, 3.05) is 18.0 Å². The van der Waals surface area contributed by atoms with Gasteiger partial charge in [-0.2, -0.15) is 15.5 Å². The zero-order valence-electron chi connectivity index (χ0n) is 25.7. The maximum absolute atomic E-state index is 12.8. The Hall–Kier alpha value is -4.52. The second-order valence-corrected chi connectivity index (χ2v) is 13.0. The Morgan fingerprint density at radius 1 is 1.07 bits per heavy atom. The van der Waals surface area contributed by atoms with Gasteiger partial charge in [-0.1, -0.05) is 6.92 Å². The van der Waals surface area contributed by atoms with E-state index in [-0.39, 0.29) is 17.4 Å². The van der Waals surface area contributed by atoms with Crippen molar-refractivity contribution < 1.29 is 9.59 Å². The number of hydrogen-bond acceptors (Lipinski definition) is 7. The molecule has 2 aliphatic rings. The lowest BCUT2D eigenvalue weighted by atomic mass is 9.79. The van der Waals surface area contributed by atoms with Crippen LogP contribution in [0.25, 0.3) is 27.8 Å². The molecule has 1 aliphatic carbocycles. The Morgan fingerprint density at radius 2 is 1.84 bits per heavy atom. The number of aldehydes is 1. The summed E-state index contributed by atoms with van der Waals surface area (Å²) in [5.74, 6) is 1.50. The molecule has 10 heteroatoms. The Balaban J connectivity index is 1.24. The normalized spacial score (nSPS) is 20.0.